The molecule has 1 aliphatic rings. The lowest BCUT2D eigenvalue weighted by molar-refractivity contribution is 0.669. The Morgan fingerprint density at radius 1 is 0.318 bits per heavy atom. The largest absolute Gasteiger partial charge is 0.456 e. The predicted octanol–water partition coefficient (Wildman–Crippen LogP) is 11.8. The lowest BCUT2D eigenvalue weighted by Gasteiger charge is -2.11. The van der Waals surface area contributed by atoms with Gasteiger partial charge in [-0.15, -0.1) is 0 Å². The summed E-state index contributed by atoms with van der Waals surface area (Å²) in [7, 11) is 0. The molecule has 0 amide bonds. The van der Waals surface area contributed by atoms with E-state index in [0.717, 1.165) is 23.0 Å². The second-order valence-electron chi connectivity index (χ2n) is 11.7. The number of hydrogen-bond acceptors (Lipinski definition) is 1. The number of furan rings is 1. The molecule has 9 rings (SSSR count). The highest BCUT2D eigenvalue weighted by Crippen LogP contribution is 2.46. The normalized spacial score (nSPS) is 12.0. The molecule has 7 aromatic carbocycles. The number of rotatable bonds is 4. The van der Waals surface area contributed by atoms with Gasteiger partial charge in [-0.2, -0.15) is 0 Å². The Balaban J connectivity index is 1.09. The van der Waals surface area contributed by atoms with E-state index in [0.29, 0.717) is 0 Å². The van der Waals surface area contributed by atoms with Crippen LogP contribution in [0.15, 0.2) is 162 Å². The summed E-state index contributed by atoms with van der Waals surface area (Å²) in [4.78, 5) is 0. The van der Waals surface area contributed by atoms with Crippen LogP contribution in [0, 0.1) is 0 Å². The fourth-order valence-electron chi connectivity index (χ4n) is 7.02. The number of para-hydroxylation sites is 1. The maximum atomic E-state index is 6.12. The minimum absolute atomic E-state index is 0.914. The van der Waals surface area contributed by atoms with E-state index in [1.165, 1.54) is 72.1 Å². The Morgan fingerprint density at radius 2 is 0.818 bits per heavy atom. The second kappa shape index (κ2) is 9.97. The quantitative estimate of drug-likeness (QED) is 0.209. The van der Waals surface area contributed by atoms with Gasteiger partial charge in [0.1, 0.15) is 11.2 Å². The Morgan fingerprint density at radius 3 is 1.57 bits per heavy atom. The van der Waals surface area contributed by atoms with Crippen molar-refractivity contribution >= 4 is 21.9 Å². The SMILES string of the molecule is c1ccc(-c2ccc(-c3cccc(-c4cccc5c4Cc4c(-c6ccc7oc8ccccc8c7c6)cccc4-5)c3)cc2)cc1. The van der Waals surface area contributed by atoms with Gasteiger partial charge in [0.15, 0.2) is 0 Å². The van der Waals surface area contributed by atoms with Crippen molar-refractivity contribution in [3.05, 3.63) is 169 Å². The summed E-state index contributed by atoms with van der Waals surface area (Å²) in [5.74, 6) is 0. The summed E-state index contributed by atoms with van der Waals surface area (Å²) in [5.41, 5.74) is 17.4. The average Bonchev–Trinajstić information content (AvgIpc) is 3.67. The summed E-state index contributed by atoms with van der Waals surface area (Å²) in [6.45, 7) is 0. The molecule has 0 spiro atoms. The Labute approximate surface area is 256 Å². The molecule has 0 unspecified atom stereocenters. The fourth-order valence-corrected chi connectivity index (χ4v) is 7.02. The summed E-state index contributed by atoms with van der Waals surface area (Å²) in [5, 5.41) is 2.33. The molecular formula is C43H28O. The van der Waals surface area contributed by atoms with Gasteiger partial charge in [-0.1, -0.05) is 133 Å². The van der Waals surface area contributed by atoms with Gasteiger partial charge in [-0.25, -0.2) is 0 Å². The molecule has 1 nitrogen and oxygen atoms in total. The van der Waals surface area contributed by atoms with Crippen LogP contribution in [-0.4, -0.2) is 0 Å². The van der Waals surface area contributed by atoms with Crippen LogP contribution >= 0.6 is 0 Å². The lowest BCUT2D eigenvalue weighted by atomic mass is 9.93. The average molecular weight is 561 g/mol. The first-order chi connectivity index (χ1) is 21.8. The summed E-state index contributed by atoms with van der Waals surface area (Å²) in [6, 6.07) is 56.9. The molecule has 0 saturated carbocycles. The number of hydrogen-bond donors (Lipinski definition) is 0. The Hall–Kier alpha value is -5.66. The topological polar surface area (TPSA) is 13.1 Å². The molecule has 1 heteroatoms. The highest BCUT2D eigenvalue weighted by molar-refractivity contribution is 6.06. The van der Waals surface area contributed by atoms with E-state index in [2.05, 4.69) is 146 Å². The van der Waals surface area contributed by atoms with Crippen LogP contribution in [-0.2, 0) is 6.42 Å². The first kappa shape index (κ1) is 24.9. The zero-order valence-electron chi connectivity index (χ0n) is 24.1. The molecule has 0 radical (unpaired) electrons. The van der Waals surface area contributed by atoms with Crippen LogP contribution in [0.2, 0.25) is 0 Å². The van der Waals surface area contributed by atoms with Gasteiger partial charge >= 0.3 is 0 Å². The van der Waals surface area contributed by atoms with E-state index >= 15 is 0 Å². The molecule has 1 aromatic heterocycles. The van der Waals surface area contributed by atoms with Crippen LogP contribution in [0.3, 0.4) is 0 Å². The first-order valence-corrected chi connectivity index (χ1v) is 15.2. The zero-order chi connectivity index (χ0) is 29.0. The second-order valence-corrected chi connectivity index (χ2v) is 11.7. The minimum Gasteiger partial charge on any atom is -0.456 e. The van der Waals surface area contributed by atoms with Crippen molar-refractivity contribution in [3.63, 3.8) is 0 Å². The molecule has 1 aliphatic carbocycles. The van der Waals surface area contributed by atoms with Crippen molar-refractivity contribution in [1.29, 1.82) is 0 Å². The smallest absolute Gasteiger partial charge is 0.135 e. The molecule has 0 N–H and O–H groups in total. The van der Waals surface area contributed by atoms with E-state index in [4.69, 9.17) is 4.42 Å². The molecule has 0 aliphatic heterocycles. The van der Waals surface area contributed by atoms with Crippen molar-refractivity contribution in [2.24, 2.45) is 0 Å². The van der Waals surface area contributed by atoms with Crippen molar-refractivity contribution in [1.82, 2.24) is 0 Å². The van der Waals surface area contributed by atoms with Crippen molar-refractivity contribution in [2.75, 3.05) is 0 Å². The van der Waals surface area contributed by atoms with Crippen LogP contribution < -0.4 is 0 Å². The van der Waals surface area contributed by atoms with E-state index in [9.17, 15) is 0 Å². The molecule has 44 heavy (non-hydrogen) atoms. The van der Waals surface area contributed by atoms with Gasteiger partial charge in [-0.05, 0) is 97.4 Å². The van der Waals surface area contributed by atoms with Crippen molar-refractivity contribution in [2.45, 2.75) is 6.42 Å². The lowest BCUT2D eigenvalue weighted by Crippen LogP contribution is -1.90. The van der Waals surface area contributed by atoms with Gasteiger partial charge in [0, 0.05) is 10.8 Å². The molecule has 8 aromatic rings. The first-order valence-electron chi connectivity index (χ1n) is 15.2. The maximum Gasteiger partial charge on any atom is 0.135 e. The standard InChI is InChI=1S/C43H28O/c1-2-9-28(10-3-1)29-19-21-30(22-20-29)31-11-6-12-32(25-31)34-14-7-16-36-37-17-8-15-35(40(37)27-39(34)36)33-23-24-43-41(26-33)38-13-4-5-18-42(38)44-43/h1-26H,27H2. The van der Waals surface area contributed by atoms with Gasteiger partial charge in [-0.3, -0.25) is 0 Å². The van der Waals surface area contributed by atoms with Gasteiger partial charge in [0.2, 0.25) is 0 Å². The van der Waals surface area contributed by atoms with Gasteiger partial charge in [0.25, 0.3) is 0 Å². The van der Waals surface area contributed by atoms with E-state index in [1.54, 1.807) is 0 Å². The van der Waals surface area contributed by atoms with Gasteiger partial charge in [0.05, 0.1) is 0 Å². The third-order valence-corrected chi connectivity index (χ3v) is 9.18. The molecule has 0 fully saturated rings. The van der Waals surface area contributed by atoms with E-state index < -0.39 is 0 Å². The van der Waals surface area contributed by atoms with Crippen LogP contribution in [0.1, 0.15) is 11.1 Å². The zero-order valence-corrected chi connectivity index (χ0v) is 24.1. The number of benzene rings is 7. The Kier molecular flexibility index (Phi) is 5.64. The van der Waals surface area contributed by atoms with Crippen LogP contribution in [0.4, 0.5) is 0 Å². The summed E-state index contributed by atoms with van der Waals surface area (Å²) >= 11 is 0. The Bertz CT molecular complexity index is 2340. The third kappa shape index (κ3) is 4.01. The van der Waals surface area contributed by atoms with Crippen LogP contribution in [0.25, 0.3) is 77.6 Å². The maximum absolute atomic E-state index is 6.12. The van der Waals surface area contributed by atoms with Crippen molar-refractivity contribution in [3.8, 4) is 55.6 Å². The summed E-state index contributed by atoms with van der Waals surface area (Å²) in [6.07, 6.45) is 0.914. The van der Waals surface area contributed by atoms with E-state index in [1.807, 2.05) is 12.1 Å². The third-order valence-electron chi connectivity index (χ3n) is 9.18. The predicted molar refractivity (Wildman–Crippen MR) is 184 cm³/mol. The highest BCUT2D eigenvalue weighted by Gasteiger charge is 2.24. The van der Waals surface area contributed by atoms with Crippen molar-refractivity contribution < 1.29 is 4.42 Å². The molecule has 0 saturated heterocycles. The van der Waals surface area contributed by atoms with Crippen LogP contribution in [0.5, 0.6) is 0 Å². The molecule has 0 bridgehead atoms. The number of fused-ring (bicyclic) bond motifs is 6. The van der Waals surface area contributed by atoms with Gasteiger partial charge < -0.3 is 4.42 Å². The monoisotopic (exact) mass is 560 g/mol. The summed E-state index contributed by atoms with van der Waals surface area (Å²) < 4.78 is 6.12. The molecular weight excluding hydrogens is 532 g/mol. The molecule has 0 atom stereocenters. The van der Waals surface area contributed by atoms with E-state index in [-0.39, 0.29) is 0 Å². The molecule has 206 valence electrons. The highest BCUT2D eigenvalue weighted by atomic mass is 16.3. The molecule has 1 heterocycles. The fraction of sp³-hybridized carbons (Fsp3) is 0.0233. The minimum atomic E-state index is 0.914.